The predicted octanol–water partition coefficient (Wildman–Crippen LogP) is 3.96. The van der Waals surface area contributed by atoms with E-state index in [9.17, 15) is 9.59 Å². The molecule has 1 aliphatic rings. The fourth-order valence-electron chi connectivity index (χ4n) is 4.50. The Morgan fingerprint density at radius 2 is 1.64 bits per heavy atom. The van der Waals surface area contributed by atoms with Crippen LogP contribution in [-0.2, 0) is 11.3 Å². The summed E-state index contributed by atoms with van der Waals surface area (Å²) in [6.07, 6.45) is -0.230. The fourth-order valence-corrected chi connectivity index (χ4v) is 4.50. The van der Waals surface area contributed by atoms with Crippen LogP contribution in [-0.4, -0.2) is 72.7 Å². The summed E-state index contributed by atoms with van der Waals surface area (Å²) >= 11 is 0. The molecule has 7 nitrogen and oxygen atoms in total. The Kier molecular flexibility index (Phi) is 6.99. The number of amides is 1. The summed E-state index contributed by atoms with van der Waals surface area (Å²) in [5.41, 5.74) is 3.44. The van der Waals surface area contributed by atoms with E-state index in [1.54, 1.807) is 12.0 Å². The number of aromatic nitrogens is 1. The van der Waals surface area contributed by atoms with Crippen LogP contribution >= 0.6 is 0 Å². The highest BCUT2D eigenvalue weighted by molar-refractivity contribution is 6.17. The average Bonchev–Trinajstić information content (AvgIpc) is 3.13. The van der Waals surface area contributed by atoms with E-state index in [-0.39, 0.29) is 11.9 Å². The van der Waals surface area contributed by atoms with Gasteiger partial charge in [-0.05, 0) is 44.2 Å². The van der Waals surface area contributed by atoms with Crippen molar-refractivity contribution in [2.24, 2.45) is 0 Å². The molecule has 0 unspecified atom stereocenters. The lowest BCUT2D eigenvalue weighted by Crippen LogP contribution is -2.49. The van der Waals surface area contributed by atoms with E-state index in [1.165, 1.54) is 0 Å². The van der Waals surface area contributed by atoms with Gasteiger partial charge in [0.2, 0.25) is 0 Å². The number of rotatable bonds is 7. The van der Waals surface area contributed by atoms with Crippen molar-refractivity contribution in [3.8, 4) is 5.75 Å². The summed E-state index contributed by atoms with van der Waals surface area (Å²) < 4.78 is 12.6. The largest absolute Gasteiger partial charge is 0.497 e. The first kappa shape index (κ1) is 22.9. The fraction of sp³-hybridized carbons (Fsp3) is 0.385. The molecule has 1 aromatic heterocycles. The van der Waals surface area contributed by atoms with Gasteiger partial charge in [0, 0.05) is 61.4 Å². The summed E-state index contributed by atoms with van der Waals surface area (Å²) in [4.78, 5) is 29.5. The lowest BCUT2D eigenvalue weighted by Gasteiger charge is -2.34. The van der Waals surface area contributed by atoms with Gasteiger partial charge >= 0.3 is 6.09 Å². The summed E-state index contributed by atoms with van der Waals surface area (Å²) in [6, 6.07) is 15.4. The van der Waals surface area contributed by atoms with E-state index < -0.39 is 0 Å². The normalized spacial score (nSPS) is 14.5. The van der Waals surface area contributed by atoms with E-state index in [4.69, 9.17) is 9.47 Å². The number of carbonyl (C=O) groups excluding carboxylic acids is 2. The number of carbonyl (C=O) groups is 2. The van der Waals surface area contributed by atoms with Crippen molar-refractivity contribution in [3.05, 3.63) is 65.4 Å². The van der Waals surface area contributed by atoms with Gasteiger partial charge in [0.05, 0.1) is 19.3 Å². The first-order valence-corrected chi connectivity index (χ1v) is 11.4. The molecule has 174 valence electrons. The third-order valence-corrected chi connectivity index (χ3v) is 6.35. The van der Waals surface area contributed by atoms with Gasteiger partial charge in [-0.15, -0.1) is 0 Å². The van der Waals surface area contributed by atoms with Crippen LogP contribution in [0.3, 0.4) is 0 Å². The number of fused-ring (bicyclic) bond motifs is 1. The summed E-state index contributed by atoms with van der Waals surface area (Å²) in [7, 11) is 1.62. The molecule has 0 aliphatic carbocycles. The molecule has 0 radical (unpaired) electrons. The molecule has 2 aromatic carbocycles. The maximum absolute atomic E-state index is 13.4. The zero-order valence-corrected chi connectivity index (χ0v) is 19.5. The SMILES string of the molecule is CCOC(=O)N1CCN(CCn2c(C)c(C(=O)c3ccc(OC)cc3)c3ccccc32)CC1. The Bertz CT molecular complexity index is 1130. The van der Waals surface area contributed by atoms with Crippen molar-refractivity contribution in [1.82, 2.24) is 14.4 Å². The zero-order valence-electron chi connectivity index (χ0n) is 19.5. The highest BCUT2D eigenvalue weighted by Gasteiger charge is 2.24. The van der Waals surface area contributed by atoms with E-state index in [0.717, 1.165) is 54.1 Å². The molecule has 0 saturated carbocycles. The molecule has 1 saturated heterocycles. The van der Waals surface area contributed by atoms with Crippen LogP contribution < -0.4 is 4.74 Å². The van der Waals surface area contributed by atoms with Crippen molar-refractivity contribution in [3.63, 3.8) is 0 Å². The second kappa shape index (κ2) is 10.1. The molecule has 1 fully saturated rings. The molecule has 0 bridgehead atoms. The zero-order chi connectivity index (χ0) is 23.4. The number of nitrogens with zero attached hydrogens (tertiary/aromatic N) is 3. The van der Waals surface area contributed by atoms with Gasteiger partial charge < -0.3 is 18.9 Å². The standard InChI is InChI=1S/C26H31N3O4/c1-4-33-26(31)28-16-13-27(14-17-28)15-18-29-19(2)24(22-7-5-6-8-23(22)29)25(30)20-9-11-21(32-3)12-10-20/h5-12H,4,13-18H2,1-3H3. The summed E-state index contributed by atoms with van der Waals surface area (Å²) in [6.45, 7) is 8.85. The first-order chi connectivity index (χ1) is 16.0. The Balaban J connectivity index is 1.51. The number of methoxy groups -OCH3 is 1. The molecule has 0 N–H and O–H groups in total. The van der Waals surface area contributed by atoms with E-state index in [2.05, 4.69) is 15.5 Å². The number of para-hydroxylation sites is 1. The maximum atomic E-state index is 13.4. The number of hydrogen-bond acceptors (Lipinski definition) is 5. The minimum atomic E-state index is -0.230. The van der Waals surface area contributed by atoms with Crippen LogP contribution in [0.25, 0.3) is 10.9 Å². The number of hydrogen-bond donors (Lipinski definition) is 0. The third-order valence-electron chi connectivity index (χ3n) is 6.35. The summed E-state index contributed by atoms with van der Waals surface area (Å²) in [5, 5.41) is 0.975. The molecular weight excluding hydrogens is 418 g/mol. The van der Waals surface area contributed by atoms with Gasteiger partial charge in [0.1, 0.15) is 5.75 Å². The van der Waals surface area contributed by atoms with E-state index in [0.29, 0.717) is 25.3 Å². The van der Waals surface area contributed by atoms with Crippen molar-refractivity contribution in [2.75, 3.05) is 46.4 Å². The predicted molar refractivity (Wildman–Crippen MR) is 128 cm³/mol. The Morgan fingerprint density at radius 3 is 2.30 bits per heavy atom. The third kappa shape index (κ3) is 4.73. The van der Waals surface area contributed by atoms with Gasteiger partial charge in [-0.3, -0.25) is 9.69 Å². The quantitative estimate of drug-likeness (QED) is 0.511. The highest BCUT2D eigenvalue weighted by atomic mass is 16.6. The van der Waals surface area contributed by atoms with Crippen LogP contribution in [0.15, 0.2) is 48.5 Å². The number of ether oxygens (including phenoxy) is 2. The molecule has 1 amide bonds. The lowest BCUT2D eigenvalue weighted by atomic mass is 10.0. The summed E-state index contributed by atoms with van der Waals surface area (Å²) in [5.74, 6) is 0.752. The minimum Gasteiger partial charge on any atom is -0.497 e. The number of ketones is 1. The van der Waals surface area contributed by atoms with Crippen molar-refractivity contribution in [2.45, 2.75) is 20.4 Å². The van der Waals surface area contributed by atoms with Gasteiger partial charge in [-0.25, -0.2) is 4.79 Å². The van der Waals surface area contributed by atoms with Gasteiger partial charge in [-0.1, -0.05) is 18.2 Å². The van der Waals surface area contributed by atoms with Gasteiger partial charge in [0.25, 0.3) is 0 Å². The molecule has 0 atom stereocenters. The molecular formula is C26H31N3O4. The number of benzene rings is 2. The van der Waals surface area contributed by atoms with Crippen LogP contribution in [0.4, 0.5) is 4.79 Å². The molecule has 2 heterocycles. The highest BCUT2D eigenvalue weighted by Crippen LogP contribution is 2.28. The van der Waals surface area contributed by atoms with Crippen molar-refractivity contribution in [1.29, 1.82) is 0 Å². The van der Waals surface area contributed by atoms with E-state index >= 15 is 0 Å². The monoisotopic (exact) mass is 449 g/mol. The lowest BCUT2D eigenvalue weighted by molar-refractivity contribution is 0.0788. The molecule has 0 spiro atoms. The smallest absolute Gasteiger partial charge is 0.409 e. The Labute approximate surface area is 194 Å². The second-order valence-corrected chi connectivity index (χ2v) is 8.21. The molecule has 7 heteroatoms. The van der Waals surface area contributed by atoms with Gasteiger partial charge in [-0.2, -0.15) is 0 Å². The van der Waals surface area contributed by atoms with Crippen LogP contribution in [0.2, 0.25) is 0 Å². The Hall–Kier alpha value is -3.32. The maximum Gasteiger partial charge on any atom is 0.409 e. The van der Waals surface area contributed by atoms with E-state index in [1.807, 2.05) is 56.3 Å². The van der Waals surface area contributed by atoms with Crippen LogP contribution in [0.5, 0.6) is 5.75 Å². The molecule has 33 heavy (non-hydrogen) atoms. The first-order valence-electron chi connectivity index (χ1n) is 11.4. The molecule has 3 aromatic rings. The topological polar surface area (TPSA) is 64.0 Å². The molecule has 4 rings (SSSR count). The van der Waals surface area contributed by atoms with Gasteiger partial charge in [0.15, 0.2) is 5.78 Å². The average molecular weight is 450 g/mol. The number of piperazine rings is 1. The second-order valence-electron chi connectivity index (χ2n) is 8.21. The van der Waals surface area contributed by atoms with Crippen molar-refractivity contribution < 1.29 is 19.1 Å². The minimum absolute atomic E-state index is 0.0214. The Morgan fingerprint density at radius 1 is 0.939 bits per heavy atom. The van der Waals surface area contributed by atoms with Crippen molar-refractivity contribution >= 4 is 22.8 Å². The molecule has 1 aliphatic heterocycles. The van der Waals surface area contributed by atoms with Crippen LogP contribution in [0.1, 0.15) is 28.5 Å². The van der Waals surface area contributed by atoms with Crippen LogP contribution in [0, 0.1) is 6.92 Å².